The Labute approximate surface area is 106 Å². The predicted molar refractivity (Wildman–Crippen MR) is 72.9 cm³/mol. The predicted octanol–water partition coefficient (Wildman–Crippen LogP) is 2.23. The van der Waals surface area contributed by atoms with Crippen LogP contribution >= 0.6 is 0 Å². The van der Waals surface area contributed by atoms with Crippen molar-refractivity contribution in [1.82, 2.24) is 5.32 Å². The maximum atomic E-state index is 11.9. The minimum Gasteiger partial charge on any atom is -0.315 e. The third-order valence-corrected chi connectivity index (χ3v) is 6.68. The van der Waals surface area contributed by atoms with Gasteiger partial charge in [0.25, 0.3) is 0 Å². The van der Waals surface area contributed by atoms with Gasteiger partial charge in [0.1, 0.15) is 0 Å². The minimum absolute atomic E-state index is 0.241. The first kappa shape index (κ1) is 15.0. The molecule has 0 heterocycles. The fourth-order valence-corrected chi connectivity index (χ4v) is 2.99. The third-order valence-electron chi connectivity index (χ3n) is 4.07. The molecule has 102 valence electrons. The lowest BCUT2D eigenvalue weighted by molar-refractivity contribution is 0.341. The van der Waals surface area contributed by atoms with Gasteiger partial charge in [0.15, 0.2) is 9.84 Å². The Hall–Kier alpha value is -0.0900. The van der Waals surface area contributed by atoms with Crippen LogP contribution in [0.4, 0.5) is 0 Å². The van der Waals surface area contributed by atoms with E-state index in [0.717, 1.165) is 6.54 Å². The largest absolute Gasteiger partial charge is 0.315 e. The van der Waals surface area contributed by atoms with Gasteiger partial charge >= 0.3 is 0 Å². The molecule has 0 unspecified atom stereocenters. The monoisotopic (exact) mass is 261 g/mol. The van der Waals surface area contributed by atoms with Crippen LogP contribution in [0.1, 0.15) is 47.5 Å². The molecule has 1 aliphatic carbocycles. The normalized spacial score (nSPS) is 19.6. The molecule has 0 aromatic heterocycles. The quantitative estimate of drug-likeness (QED) is 0.746. The summed E-state index contributed by atoms with van der Waals surface area (Å²) in [5, 5.41) is 3.32. The highest BCUT2D eigenvalue weighted by Gasteiger charge is 2.44. The Morgan fingerprint density at radius 1 is 1.24 bits per heavy atom. The van der Waals surface area contributed by atoms with Gasteiger partial charge in [-0.1, -0.05) is 13.8 Å². The smallest absolute Gasteiger partial charge is 0.156 e. The van der Waals surface area contributed by atoms with Crippen LogP contribution in [-0.4, -0.2) is 32.0 Å². The Balaban J connectivity index is 2.31. The second-order valence-corrected chi connectivity index (χ2v) is 9.49. The molecule has 0 aromatic rings. The second kappa shape index (κ2) is 4.88. The van der Waals surface area contributed by atoms with Crippen LogP contribution in [0.2, 0.25) is 0 Å². The van der Waals surface area contributed by atoms with E-state index in [4.69, 9.17) is 0 Å². The highest BCUT2D eigenvalue weighted by molar-refractivity contribution is 7.92. The molecule has 0 aromatic carbocycles. The van der Waals surface area contributed by atoms with Gasteiger partial charge in [0.05, 0.1) is 10.5 Å². The van der Waals surface area contributed by atoms with Crippen molar-refractivity contribution in [3.05, 3.63) is 0 Å². The van der Waals surface area contributed by atoms with Crippen molar-refractivity contribution in [2.75, 3.05) is 18.8 Å². The molecule has 0 bridgehead atoms. The van der Waals surface area contributed by atoms with E-state index in [0.29, 0.717) is 17.9 Å². The minimum atomic E-state index is -2.98. The van der Waals surface area contributed by atoms with E-state index < -0.39 is 14.6 Å². The maximum absolute atomic E-state index is 11.9. The zero-order valence-electron chi connectivity index (χ0n) is 11.8. The van der Waals surface area contributed by atoms with Gasteiger partial charge in [-0.3, -0.25) is 0 Å². The molecule has 0 saturated heterocycles. The summed E-state index contributed by atoms with van der Waals surface area (Å²) in [6, 6.07) is 0. The van der Waals surface area contributed by atoms with Crippen molar-refractivity contribution in [3.63, 3.8) is 0 Å². The van der Waals surface area contributed by atoms with Gasteiger partial charge < -0.3 is 5.32 Å². The molecule has 0 atom stereocenters. The van der Waals surface area contributed by atoms with Gasteiger partial charge in [-0.2, -0.15) is 0 Å². The van der Waals surface area contributed by atoms with E-state index in [2.05, 4.69) is 19.2 Å². The van der Waals surface area contributed by atoms with Crippen LogP contribution in [-0.2, 0) is 9.84 Å². The Morgan fingerprint density at radius 3 is 2.12 bits per heavy atom. The summed E-state index contributed by atoms with van der Waals surface area (Å²) < 4.78 is 23.1. The molecular formula is C13H27NO2S. The van der Waals surface area contributed by atoms with Crippen molar-refractivity contribution in [2.24, 2.45) is 11.3 Å². The van der Waals surface area contributed by atoms with Crippen LogP contribution in [0.25, 0.3) is 0 Å². The number of hydrogen-bond acceptors (Lipinski definition) is 3. The van der Waals surface area contributed by atoms with Gasteiger partial charge in [0, 0.05) is 13.1 Å². The molecule has 1 saturated carbocycles. The summed E-state index contributed by atoms with van der Waals surface area (Å²) in [4.78, 5) is 0. The summed E-state index contributed by atoms with van der Waals surface area (Å²) in [6.07, 6.45) is 2.56. The zero-order valence-corrected chi connectivity index (χ0v) is 12.7. The van der Waals surface area contributed by atoms with Gasteiger partial charge in [-0.15, -0.1) is 0 Å². The lowest BCUT2D eigenvalue weighted by atomic mass is 9.92. The van der Waals surface area contributed by atoms with Crippen LogP contribution < -0.4 is 5.32 Å². The maximum Gasteiger partial charge on any atom is 0.156 e. The van der Waals surface area contributed by atoms with Crippen molar-refractivity contribution in [3.8, 4) is 0 Å². The summed E-state index contributed by atoms with van der Waals surface area (Å²) in [5.74, 6) is 0.930. The SMILES string of the molecule is CC(C)C1(CNCCS(=O)(=O)C(C)(C)C)CC1. The molecule has 1 aliphatic rings. The summed E-state index contributed by atoms with van der Waals surface area (Å²) in [6.45, 7) is 11.3. The third kappa shape index (κ3) is 3.68. The van der Waals surface area contributed by atoms with Gasteiger partial charge in [-0.25, -0.2) is 8.42 Å². The molecule has 17 heavy (non-hydrogen) atoms. The molecule has 0 radical (unpaired) electrons. The van der Waals surface area contributed by atoms with E-state index in [1.165, 1.54) is 12.8 Å². The molecular weight excluding hydrogens is 234 g/mol. The number of hydrogen-bond donors (Lipinski definition) is 1. The number of sulfone groups is 1. The number of nitrogens with one attached hydrogen (secondary N) is 1. The molecule has 0 amide bonds. The molecule has 0 aliphatic heterocycles. The summed E-state index contributed by atoms with van der Waals surface area (Å²) in [7, 11) is -2.98. The fourth-order valence-electron chi connectivity index (χ4n) is 1.97. The van der Waals surface area contributed by atoms with E-state index in [1.54, 1.807) is 20.8 Å². The fraction of sp³-hybridized carbons (Fsp3) is 1.00. The van der Waals surface area contributed by atoms with E-state index in [9.17, 15) is 8.42 Å². The first-order valence-electron chi connectivity index (χ1n) is 6.54. The lowest BCUT2D eigenvalue weighted by Crippen LogP contribution is -2.36. The molecule has 1 fully saturated rings. The molecule has 4 heteroatoms. The number of rotatable bonds is 6. The van der Waals surface area contributed by atoms with E-state index in [1.807, 2.05) is 0 Å². The summed E-state index contributed by atoms with van der Waals surface area (Å²) in [5.41, 5.74) is 0.450. The Kier molecular flexibility index (Phi) is 4.30. The van der Waals surface area contributed by atoms with E-state index >= 15 is 0 Å². The molecule has 1 N–H and O–H groups in total. The van der Waals surface area contributed by atoms with Crippen molar-refractivity contribution < 1.29 is 8.42 Å². The highest BCUT2D eigenvalue weighted by Crippen LogP contribution is 2.51. The second-order valence-electron chi connectivity index (χ2n) is 6.63. The molecule has 1 rings (SSSR count). The van der Waals surface area contributed by atoms with Gasteiger partial charge in [-0.05, 0) is 44.9 Å². The van der Waals surface area contributed by atoms with Crippen molar-refractivity contribution in [1.29, 1.82) is 0 Å². The molecule has 0 spiro atoms. The highest BCUT2D eigenvalue weighted by atomic mass is 32.2. The summed E-state index contributed by atoms with van der Waals surface area (Å²) >= 11 is 0. The average Bonchev–Trinajstić information content (AvgIpc) is 2.91. The topological polar surface area (TPSA) is 46.2 Å². The van der Waals surface area contributed by atoms with Crippen molar-refractivity contribution >= 4 is 9.84 Å². The Bertz CT molecular complexity index is 348. The van der Waals surface area contributed by atoms with Crippen molar-refractivity contribution in [2.45, 2.75) is 52.2 Å². The standard InChI is InChI=1S/C13H27NO2S/c1-11(2)13(6-7-13)10-14-8-9-17(15,16)12(3,4)5/h11,14H,6-10H2,1-5H3. The van der Waals surface area contributed by atoms with Gasteiger partial charge in [0.2, 0.25) is 0 Å². The van der Waals surface area contributed by atoms with Crippen LogP contribution in [0.5, 0.6) is 0 Å². The zero-order chi connectivity index (χ0) is 13.3. The lowest BCUT2D eigenvalue weighted by Gasteiger charge is -2.22. The van der Waals surface area contributed by atoms with Crippen LogP contribution in [0.15, 0.2) is 0 Å². The first-order valence-corrected chi connectivity index (χ1v) is 8.19. The van der Waals surface area contributed by atoms with Crippen LogP contribution in [0, 0.1) is 11.3 Å². The molecule has 3 nitrogen and oxygen atoms in total. The Morgan fingerprint density at radius 2 is 1.76 bits per heavy atom. The first-order chi connectivity index (χ1) is 7.61. The van der Waals surface area contributed by atoms with Crippen LogP contribution in [0.3, 0.4) is 0 Å². The van der Waals surface area contributed by atoms with E-state index in [-0.39, 0.29) is 5.75 Å². The average molecular weight is 261 g/mol.